The van der Waals surface area contributed by atoms with Gasteiger partial charge in [0, 0.05) is 5.38 Å². The van der Waals surface area contributed by atoms with Crippen molar-refractivity contribution >= 4 is 32.4 Å². The smallest absolute Gasteiger partial charge is 0.184 e. The summed E-state index contributed by atoms with van der Waals surface area (Å²) in [6, 6.07) is 0.479. The molecule has 0 aromatic carbocycles. The van der Waals surface area contributed by atoms with E-state index in [4.69, 9.17) is 4.74 Å². The number of ether oxygens (including phenoxy) is 1. The van der Waals surface area contributed by atoms with Gasteiger partial charge in [-0.3, -0.25) is 0 Å². The first-order valence-electron chi connectivity index (χ1n) is 4.84. The van der Waals surface area contributed by atoms with Gasteiger partial charge in [-0.15, -0.1) is 11.3 Å². The van der Waals surface area contributed by atoms with Crippen LogP contribution in [-0.4, -0.2) is 23.2 Å². The molecule has 76 valence electrons. The van der Waals surface area contributed by atoms with Gasteiger partial charge >= 0.3 is 0 Å². The predicted molar refractivity (Wildman–Crippen MR) is 59.7 cm³/mol. The number of hydrogen-bond donors (Lipinski definition) is 1. The molecular formula is C9H11BrN2OS. The summed E-state index contributed by atoms with van der Waals surface area (Å²) in [5.41, 5.74) is 0. The molecule has 2 fully saturated rings. The van der Waals surface area contributed by atoms with E-state index in [2.05, 4.69) is 26.2 Å². The average Bonchev–Trinajstić information content (AvgIpc) is 2.82. The summed E-state index contributed by atoms with van der Waals surface area (Å²) < 4.78 is 6.68. The van der Waals surface area contributed by atoms with Gasteiger partial charge < -0.3 is 10.1 Å². The molecule has 3 nitrogen and oxygen atoms in total. The highest BCUT2D eigenvalue weighted by atomic mass is 79.9. The summed E-state index contributed by atoms with van der Waals surface area (Å²) in [7, 11) is 0. The third kappa shape index (κ3) is 1.57. The molecule has 2 bridgehead atoms. The van der Waals surface area contributed by atoms with Gasteiger partial charge in [0.25, 0.3) is 0 Å². The number of fused-ring (bicyclic) bond motifs is 2. The Bertz CT molecular complexity index is 343. The molecule has 5 heteroatoms. The highest BCUT2D eigenvalue weighted by Crippen LogP contribution is 2.36. The topological polar surface area (TPSA) is 34.1 Å². The Kier molecular flexibility index (Phi) is 2.26. The van der Waals surface area contributed by atoms with E-state index in [9.17, 15) is 0 Å². The standard InChI is InChI=1S/C9H11BrN2OS/c10-8-4-14-9(12-8)11-6-3-5-1-2-7(6)13-5/h4-7H,1-3H2,(H,11,12). The van der Waals surface area contributed by atoms with Crippen LogP contribution in [0.1, 0.15) is 19.3 Å². The number of nitrogens with one attached hydrogen (secondary N) is 1. The zero-order valence-electron chi connectivity index (χ0n) is 7.57. The van der Waals surface area contributed by atoms with Crippen LogP contribution >= 0.6 is 27.3 Å². The van der Waals surface area contributed by atoms with Gasteiger partial charge in [0.15, 0.2) is 5.13 Å². The van der Waals surface area contributed by atoms with E-state index in [1.807, 2.05) is 5.38 Å². The number of hydrogen-bond acceptors (Lipinski definition) is 4. The quantitative estimate of drug-likeness (QED) is 0.901. The largest absolute Gasteiger partial charge is 0.373 e. The number of rotatable bonds is 2. The van der Waals surface area contributed by atoms with Gasteiger partial charge in [-0.25, -0.2) is 4.98 Å². The second-order valence-corrected chi connectivity index (χ2v) is 5.51. The Morgan fingerprint density at radius 3 is 3.07 bits per heavy atom. The van der Waals surface area contributed by atoms with Gasteiger partial charge in [0.2, 0.25) is 0 Å². The Morgan fingerprint density at radius 1 is 1.57 bits per heavy atom. The van der Waals surface area contributed by atoms with Crippen molar-refractivity contribution < 1.29 is 4.74 Å². The maximum absolute atomic E-state index is 5.77. The van der Waals surface area contributed by atoms with Gasteiger partial charge in [0.1, 0.15) is 4.60 Å². The van der Waals surface area contributed by atoms with Crippen LogP contribution in [0.15, 0.2) is 9.98 Å². The van der Waals surface area contributed by atoms with E-state index < -0.39 is 0 Å². The van der Waals surface area contributed by atoms with Crippen LogP contribution in [0.2, 0.25) is 0 Å². The molecule has 1 aromatic heterocycles. The lowest BCUT2D eigenvalue weighted by Crippen LogP contribution is -2.30. The molecule has 0 saturated carbocycles. The fourth-order valence-electron chi connectivity index (χ4n) is 2.27. The molecule has 0 spiro atoms. The van der Waals surface area contributed by atoms with Crippen LogP contribution in [0.4, 0.5) is 5.13 Å². The van der Waals surface area contributed by atoms with E-state index in [0.717, 1.165) is 16.2 Å². The number of thiazole rings is 1. The average molecular weight is 275 g/mol. The molecule has 1 aromatic rings. The number of halogens is 1. The predicted octanol–water partition coefficient (Wildman–Crippen LogP) is 2.64. The Balaban J connectivity index is 1.68. The van der Waals surface area contributed by atoms with Gasteiger partial charge in [0.05, 0.1) is 18.2 Å². The minimum Gasteiger partial charge on any atom is -0.373 e. The van der Waals surface area contributed by atoms with Crippen LogP contribution < -0.4 is 5.32 Å². The molecule has 14 heavy (non-hydrogen) atoms. The first-order valence-corrected chi connectivity index (χ1v) is 6.51. The van der Waals surface area contributed by atoms with Crippen LogP contribution in [0.25, 0.3) is 0 Å². The lowest BCUT2D eigenvalue weighted by atomic mass is 9.96. The van der Waals surface area contributed by atoms with Crippen molar-refractivity contribution in [3.8, 4) is 0 Å². The zero-order chi connectivity index (χ0) is 9.54. The summed E-state index contributed by atoms with van der Waals surface area (Å²) in [4.78, 5) is 4.33. The SMILES string of the molecule is Brc1csc(NC2CC3CCC2O3)n1. The summed E-state index contributed by atoms with van der Waals surface area (Å²) in [6.07, 6.45) is 4.50. The molecule has 0 aliphatic carbocycles. The lowest BCUT2D eigenvalue weighted by molar-refractivity contribution is 0.102. The summed E-state index contributed by atoms with van der Waals surface area (Å²) in [6.45, 7) is 0. The first-order chi connectivity index (χ1) is 6.81. The van der Waals surface area contributed by atoms with E-state index in [1.54, 1.807) is 11.3 Å². The minimum atomic E-state index is 0.419. The lowest BCUT2D eigenvalue weighted by Gasteiger charge is -2.19. The molecule has 3 unspecified atom stereocenters. The van der Waals surface area contributed by atoms with Crippen molar-refractivity contribution in [1.29, 1.82) is 0 Å². The summed E-state index contributed by atoms with van der Waals surface area (Å²) >= 11 is 4.99. The zero-order valence-corrected chi connectivity index (χ0v) is 9.97. The number of aromatic nitrogens is 1. The second-order valence-electron chi connectivity index (χ2n) is 3.84. The molecule has 0 radical (unpaired) electrons. The third-order valence-electron chi connectivity index (χ3n) is 2.89. The Hall–Kier alpha value is -0.130. The molecule has 1 N–H and O–H groups in total. The molecular weight excluding hydrogens is 264 g/mol. The number of anilines is 1. The maximum atomic E-state index is 5.77. The fraction of sp³-hybridized carbons (Fsp3) is 0.667. The van der Waals surface area contributed by atoms with E-state index in [0.29, 0.717) is 18.2 Å². The van der Waals surface area contributed by atoms with Gasteiger partial charge in [-0.05, 0) is 35.2 Å². The number of nitrogens with zero attached hydrogens (tertiary/aromatic N) is 1. The van der Waals surface area contributed by atoms with Crippen molar-refractivity contribution in [2.45, 2.75) is 37.5 Å². The van der Waals surface area contributed by atoms with Crippen molar-refractivity contribution in [3.63, 3.8) is 0 Å². The van der Waals surface area contributed by atoms with Crippen molar-refractivity contribution in [2.24, 2.45) is 0 Å². The van der Waals surface area contributed by atoms with E-state index >= 15 is 0 Å². The van der Waals surface area contributed by atoms with E-state index in [1.165, 1.54) is 12.8 Å². The highest BCUT2D eigenvalue weighted by molar-refractivity contribution is 9.10. The molecule has 0 amide bonds. The van der Waals surface area contributed by atoms with Gasteiger partial charge in [-0.1, -0.05) is 0 Å². The maximum Gasteiger partial charge on any atom is 0.184 e. The van der Waals surface area contributed by atoms with Crippen LogP contribution in [0, 0.1) is 0 Å². The molecule has 3 rings (SSSR count). The summed E-state index contributed by atoms with van der Waals surface area (Å²) in [5.74, 6) is 0. The Labute approximate surface area is 95.0 Å². The molecule has 2 aliphatic rings. The van der Waals surface area contributed by atoms with Crippen molar-refractivity contribution in [3.05, 3.63) is 9.98 Å². The minimum absolute atomic E-state index is 0.419. The van der Waals surface area contributed by atoms with Crippen LogP contribution in [0.3, 0.4) is 0 Å². The van der Waals surface area contributed by atoms with Gasteiger partial charge in [-0.2, -0.15) is 0 Å². The fourth-order valence-corrected chi connectivity index (χ4v) is 3.48. The monoisotopic (exact) mass is 274 g/mol. The third-order valence-corrected chi connectivity index (χ3v) is 4.37. The first kappa shape index (κ1) is 9.12. The van der Waals surface area contributed by atoms with Crippen molar-refractivity contribution in [2.75, 3.05) is 5.32 Å². The molecule has 3 atom stereocenters. The molecule has 2 aliphatic heterocycles. The highest BCUT2D eigenvalue weighted by Gasteiger charge is 2.40. The normalized spacial score (nSPS) is 35.1. The summed E-state index contributed by atoms with van der Waals surface area (Å²) in [5, 5.41) is 6.44. The van der Waals surface area contributed by atoms with Crippen molar-refractivity contribution in [1.82, 2.24) is 4.98 Å². The molecule has 2 saturated heterocycles. The van der Waals surface area contributed by atoms with Crippen LogP contribution in [0.5, 0.6) is 0 Å². The second kappa shape index (κ2) is 3.47. The van der Waals surface area contributed by atoms with Crippen LogP contribution in [-0.2, 0) is 4.74 Å². The van der Waals surface area contributed by atoms with E-state index in [-0.39, 0.29) is 0 Å². The Morgan fingerprint density at radius 2 is 2.50 bits per heavy atom. The molecule has 3 heterocycles.